The summed E-state index contributed by atoms with van der Waals surface area (Å²) < 4.78 is 0. The van der Waals surface area contributed by atoms with Crippen LogP contribution in [0.5, 0.6) is 0 Å². The molecule has 0 heterocycles. The average molecular weight is 313 g/mol. The van der Waals surface area contributed by atoms with E-state index < -0.39 is 5.09 Å². The third kappa shape index (κ3) is 43.1. The SMILES string of the molecule is O=[N+]([O-])[O-].[BiH3].[K+]. The zero-order valence-electron chi connectivity index (χ0n) is 3.38. The van der Waals surface area contributed by atoms with Crippen LogP contribution in [-0.4, -0.2) is 31.3 Å². The van der Waals surface area contributed by atoms with Crippen molar-refractivity contribution in [2.45, 2.75) is 0 Å². The van der Waals surface area contributed by atoms with Gasteiger partial charge in [-0.15, -0.1) is 0 Å². The minimum atomic E-state index is -1.75. The van der Waals surface area contributed by atoms with Gasteiger partial charge in [-0.05, 0) is 0 Å². The number of rotatable bonds is 0. The van der Waals surface area contributed by atoms with Gasteiger partial charge in [-0.25, -0.2) is 0 Å². The number of hydrogen-bond acceptors (Lipinski definition) is 3. The molecule has 0 unspecified atom stereocenters. The van der Waals surface area contributed by atoms with Gasteiger partial charge in [0.05, 0.1) is 5.09 Å². The van der Waals surface area contributed by atoms with Gasteiger partial charge in [0.1, 0.15) is 0 Å². The van der Waals surface area contributed by atoms with E-state index in [1.807, 2.05) is 0 Å². The van der Waals surface area contributed by atoms with E-state index in [2.05, 4.69) is 0 Å². The molecule has 4 nitrogen and oxygen atoms in total. The van der Waals surface area contributed by atoms with Crippen molar-refractivity contribution in [3.05, 3.63) is 15.3 Å². The van der Waals surface area contributed by atoms with Crippen LogP contribution in [-0.2, 0) is 0 Å². The third-order valence-electron chi connectivity index (χ3n) is 0. The molecule has 0 fully saturated rings. The first-order chi connectivity index (χ1) is 1.73. The largest absolute Gasteiger partial charge is 1.00 e. The normalized spacial score (nSPS) is 4.00. The van der Waals surface area contributed by atoms with Gasteiger partial charge in [-0.3, -0.25) is 0 Å². The first kappa shape index (κ1) is 15.6. The van der Waals surface area contributed by atoms with Crippen molar-refractivity contribution >= 4 is 26.2 Å². The molecule has 0 N–H and O–H groups in total. The molecule has 0 aliphatic carbocycles. The van der Waals surface area contributed by atoms with Crippen LogP contribution in [0.1, 0.15) is 0 Å². The Labute approximate surface area is 95.9 Å². The molecule has 6 heavy (non-hydrogen) atoms. The van der Waals surface area contributed by atoms with Crippen LogP contribution in [0.4, 0.5) is 0 Å². The summed E-state index contributed by atoms with van der Waals surface area (Å²) in [6, 6.07) is 0. The maximum Gasteiger partial charge on any atom is 1.00 e. The summed E-state index contributed by atoms with van der Waals surface area (Å²) in [4.78, 5) is 8.25. The Morgan fingerprint density at radius 3 is 1.33 bits per heavy atom. The monoisotopic (exact) mass is 313 g/mol. The summed E-state index contributed by atoms with van der Waals surface area (Å²) in [5.74, 6) is 0. The van der Waals surface area contributed by atoms with Gasteiger partial charge in [0, 0.05) is 0 Å². The van der Waals surface area contributed by atoms with E-state index in [0.29, 0.717) is 0 Å². The van der Waals surface area contributed by atoms with Crippen molar-refractivity contribution in [2.24, 2.45) is 0 Å². The van der Waals surface area contributed by atoms with Crippen LogP contribution < -0.4 is 51.4 Å². The molecular weight excluding hydrogens is 310 g/mol. The van der Waals surface area contributed by atoms with E-state index in [1.165, 1.54) is 0 Å². The molecule has 0 radical (unpaired) electrons. The molecule has 32 valence electrons. The molecule has 0 saturated heterocycles. The van der Waals surface area contributed by atoms with Crippen molar-refractivity contribution in [1.82, 2.24) is 0 Å². The van der Waals surface area contributed by atoms with Crippen molar-refractivity contribution in [2.75, 3.05) is 0 Å². The summed E-state index contributed by atoms with van der Waals surface area (Å²) in [5.41, 5.74) is 0. The summed E-state index contributed by atoms with van der Waals surface area (Å²) in [6.07, 6.45) is 0. The van der Waals surface area contributed by atoms with Crippen LogP contribution in [0.2, 0.25) is 0 Å². The maximum atomic E-state index is 8.25. The maximum absolute atomic E-state index is 8.25. The Balaban J connectivity index is -0.0000000450. The first-order valence-corrected chi connectivity index (χ1v) is 0.548. The fraction of sp³-hybridized carbons (Fsp3) is 0. The second-order valence-electron chi connectivity index (χ2n) is 0.224. The smallest absolute Gasteiger partial charge is 1.00 e. The van der Waals surface area contributed by atoms with E-state index in [9.17, 15) is 0 Å². The first-order valence-electron chi connectivity index (χ1n) is 0.548. The van der Waals surface area contributed by atoms with Gasteiger partial charge in [0.2, 0.25) is 0 Å². The van der Waals surface area contributed by atoms with Gasteiger partial charge in [0.25, 0.3) is 0 Å². The molecule has 0 rings (SSSR count). The van der Waals surface area contributed by atoms with E-state index >= 15 is 0 Å². The van der Waals surface area contributed by atoms with Crippen molar-refractivity contribution < 1.29 is 56.5 Å². The fourth-order valence-corrected chi connectivity index (χ4v) is 0. The molecule has 0 aromatic heterocycles. The van der Waals surface area contributed by atoms with Crippen molar-refractivity contribution in [3.8, 4) is 0 Å². The van der Waals surface area contributed by atoms with Crippen LogP contribution >= 0.6 is 0 Å². The Hall–Kier alpha value is 1.72. The van der Waals surface area contributed by atoms with Gasteiger partial charge in [-0.1, -0.05) is 0 Å². The zero-order chi connectivity index (χ0) is 3.58. The van der Waals surface area contributed by atoms with Crippen LogP contribution in [0, 0.1) is 15.3 Å². The Bertz CT molecular complexity index is 33.8. The van der Waals surface area contributed by atoms with Gasteiger partial charge >= 0.3 is 77.6 Å². The summed E-state index contributed by atoms with van der Waals surface area (Å²) >= 11 is 0. The fourth-order valence-electron chi connectivity index (χ4n) is 0. The van der Waals surface area contributed by atoms with E-state index in [4.69, 9.17) is 15.3 Å². The molecule has 0 aliphatic rings. The topological polar surface area (TPSA) is 66.2 Å². The molecule has 0 amide bonds. The molecule has 0 bridgehead atoms. The second-order valence-corrected chi connectivity index (χ2v) is 0.224. The quantitative estimate of drug-likeness (QED) is 0.258. The summed E-state index contributed by atoms with van der Waals surface area (Å²) in [6.45, 7) is 0. The standard InChI is InChI=1S/Bi.K.NO3.3H/c;;2-1(3)4;;;/q;+1;-1;;;. The van der Waals surface area contributed by atoms with Crippen LogP contribution in [0.25, 0.3) is 0 Å². The van der Waals surface area contributed by atoms with E-state index in [1.54, 1.807) is 0 Å². The minimum Gasteiger partial charge on any atom is 1.00 e. The molecule has 0 spiro atoms. The molecular formula is H3BiKNO3. The van der Waals surface area contributed by atoms with E-state index in [0.717, 1.165) is 0 Å². The predicted molar refractivity (Wildman–Crippen MR) is 20.3 cm³/mol. The number of hydrogen-bond donors (Lipinski definition) is 0. The zero-order valence-corrected chi connectivity index (χ0v) is 12.0. The summed E-state index contributed by atoms with van der Waals surface area (Å²) in [7, 11) is 0. The predicted octanol–water partition coefficient (Wildman–Crippen LogP) is -4.42. The average Bonchev–Trinajstić information content (AvgIpc) is 0.811. The summed E-state index contributed by atoms with van der Waals surface area (Å²) in [5, 5.41) is 14.8. The molecule has 6 heteroatoms. The Morgan fingerprint density at radius 2 is 1.33 bits per heavy atom. The van der Waals surface area contributed by atoms with Crippen molar-refractivity contribution in [3.63, 3.8) is 0 Å². The molecule has 0 aromatic carbocycles. The van der Waals surface area contributed by atoms with Gasteiger partial charge in [-0.2, -0.15) is 0 Å². The third-order valence-corrected chi connectivity index (χ3v) is 0. The number of nitrogens with zero attached hydrogens (tertiary/aromatic N) is 1. The second kappa shape index (κ2) is 9.87. The molecule has 0 saturated carbocycles. The molecule has 0 aromatic rings. The van der Waals surface area contributed by atoms with Crippen molar-refractivity contribution in [1.29, 1.82) is 0 Å². The van der Waals surface area contributed by atoms with Gasteiger partial charge in [0.15, 0.2) is 0 Å². The Kier molecular flexibility index (Phi) is 25.7. The van der Waals surface area contributed by atoms with E-state index in [-0.39, 0.29) is 77.6 Å². The van der Waals surface area contributed by atoms with Crippen LogP contribution in [0.15, 0.2) is 0 Å². The Morgan fingerprint density at radius 1 is 1.33 bits per heavy atom. The van der Waals surface area contributed by atoms with Crippen LogP contribution in [0.3, 0.4) is 0 Å². The molecule has 0 atom stereocenters. The molecule has 0 aliphatic heterocycles. The van der Waals surface area contributed by atoms with Gasteiger partial charge < -0.3 is 15.3 Å². The minimum absolute atomic E-state index is 0.